The smallest absolute Gasteiger partial charge is 0.148 e. The second-order valence-corrected chi connectivity index (χ2v) is 35.7. The van der Waals surface area contributed by atoms with Crippen LogP contribution in [0.15, 0.2) is 382 Å². The first-order valence-corrected chi connectivity index (χ1v) is 44.2. The molecule has 30 aromatic rings. The van der Waals surface area contributed by atoms with Crippen LogP contribution in [0.5, 0.6) is 0 Å². The van der Waals surface area contributed by atoms with Crippen LogP contribution in [-0.4, -0.2) is 41.9 Å². The summed E-state index contributed by atoms with van der Waals surface area (Å²) in [5, 5.41) is 26.4. The van der Waals surface area contributed by atoms with E-state index in [0.717, 1.165) is 67.1 Å². The van der Waals surface area contributed by atoms with E-state index in [-0.39, 0.29) is 0 Å². The van der Waals surface area contributed by atoms with E-state index in [1.54, 1.807) is 0 Å². The van der Waals surface area contributed by atoms with E-state index in [2.05, 4.69) is 409 Å². The molecule has 12 heterocycles. The fraction of sp³-hybridized carbons (Fsp3) is 0. The van der Waals surface area contributed by atoms with E-state index in [9.17, 15) is 0 Å². The van der Waals surface area contributed by atoms with Gasteiger partial charge in [-0.15, -0.1) is 34.0 Å². The van der Waals surface area contributed by atoms with Crippen molar-refractivity contribution in [1.82, 2.24) is 41.9 Å². The van der Waals surface area contributed by atoms with Crippen LogP contribution in [-0.2, 0) is 0 Å². The summed E-state index contributed by atoms with van der Waals surface area (Å²) in [6, 6.07) is 139. The van der Waals surface area contributed by atoms with Crippen LogP contribution in [0, 0.1) is 0 Å². The van der Waals surface area contributed by atoms with E-state index in [0.29, 0.717) is 0 Å². The monoisotopic (exact) mass is 1620 g/mol. The molecular weight excluding hydrogens is 1560 g/mol. The van der Waals surface area contributed by atoms with Crippen molar-refractivity contribution in [3.8, 4) is 17.1 Å². The molecule has 0 atom stereocenters. The van der Waals surface area contributed by atoms with Crippen LogP contribution in [0.3, 0.4) is 0 Å². The molecule has 0 aliphatic carbocycles. The Hall–Kier alpha value is -15.6. The normalized spacial score (nSPS) is 12.4. The van der Waals surface area contributed by atoms with Gasteiger partial charge in [0.2, 0.25) is 0 Å². The molecule has 0 bridgehead atoms. The number of pyridine rings is 3. The number of fused-ring (bicyclic) bond motifs is 44. The van der Waals surface area contributed by atoms with Crippen molar-refractivity contribution in [2.24, 2.45) is 0 Å². The topological polar surface area (TPSA) is 66.7 Å². The zero-order valence-electron chi connectivity index (χ0n) is 65.6. The van der Waals surface area contributed by atoms with Crippen LogP contribution in [0.2, 0.25) is 0 Å². The first kappa shape index (κ1) is 67.3. The zero-order valence-corrected chi connectivity index (χ0v) is 68.1. The maximum atomic E-state index is 5.33. The van der Waals surface area contributed by atoms with Gasteiger partial charge in [-0.2, -0.15) is 0 Å². The summed E-state index contributed by atoms with van der Waals surface area (Å²) >= 11 is 5.61. The van der Waals surface area contributed by atoms with E-state index in [1.165, 1.54) is 191 Å². The minimum absolute atomic E-state index is 0.998. The van der Waals surface area contributed by atoms with Crippen molar-refractivity contribution in [2.75, 3.05) is 0 Å². The lowest BCUT2D eigenvalue weighted by Crippen LogP contribution is -1.97. The largest absolute Gasteiger partial charge is 0.309 e. The first-order chi connectivity index (χ1) is 61.0. The molecular formula is C111H63N9S3. The average molecular weight is 1620 g/mol. The molecule has 18 aromatic carbocycles. The second kappa shape index (κ2) is 25.5. The summed E-state index contributed by atoms with van der Waals surface area (Å²) in [7, 11) is 0. The molecule has 0 spiro atoms. The average Bonchev–Trinajstić information content (AvgIpc) is 1.55. The molecule has 12 aromatic heterocycles. The van der Waals surface area contributed by atoms with Crippen LogP contribution < -0.4 is 0 Å². The van der Waals surface area contributed by atoms with E-state index >= 15 is 0 Å². The third-order valence-electron chi connectivity index (χ3n) is 26.0. The van der Waals surface area contributed by atoms with Gasteiger partial charge < -0.3 is 13.7 Å². The van der Waals surface area contributed by atoms with Crippen molar-refractivity contribution >= 4 is 275 Å². The van der Waals surface area contributed by atoms with Gasteiger partial charge in [0.15, 0.2) is 0 Å². The molecule has 0 N–H and O–H groups in total. The summed E-state index contributed by atoms with van der Waals surface area (Å²) in [6.45, 7) is 0. The summed E-state index contributed by atoms with van der Waals surface area (Å²) in [6.07, 6.45) is 0. The van der Waals surface area contributed by atoms with Crippen LogP contribution >= 0.6 is 34.0 Å². The Labute approximate surface area is 710 Å². The highest BCUT2D eigenvalue weighted by Crippen LogP contribution is 2.50. The first-order valence-electron chi connectivity index (χ1n) is 41.7. The Kier molecular flexibility index (Phi) is 14.0. The minimum Gasteiger partial charge on any atom is -0.309 e. The number of imidazole rings is 3. The third kappa shape index (κ3) is 9.51. The fourth-order valence-electron chi connectivity index (χ4n) is 20.8. The quantitative estimate of drug-likeness (QED) is 0.166. The summed E-state index contributed by atoms with van der Waals surface area (Å²) in [4.78, 5) is 15.9. The molecule has 570 valence electrons. The Morgan fingerprint density at radius 2 is 0.463 bits per heavy atom. The molecule has 12 heteroatoms. The molecule has 30 rings (SSSR count). The number of nitrogens with zero attached hydrogens (tertiary/aromatic N) is 9. The fourth-order valence-corrected chi connectivity index (χ4v) is 24.2. The van der Waals surface area contributed by atoms with E-state index in [1.807, 2.05) is 34.0 Å². The molecule has 0 fully saturated rings. The Morgan fingerprint density at radius 1 is 0.163 bits per heavy atom. The van der Waals surface area contributed by atoms with Crippen LogP contribution in [0.4, 0.5) is 0 Å². The van der Waals surface area contributed by atoms with Gasteiger partial charge in [0, 0.05) is 131 Å². The van der Waals surface area contributed by atoms with Gasteiger partial charge in [-0.1, -0.05) is 224 Å². The number of hydrogen-bond acceptors (Lipinski definition) is 6. The lowest BCUT2D eigenvalue weighted by molar-refractivity contribution is 1.18. The van der Waals surface area contributed by atoms with Gasteiger partial charge >= 0.3 is 0 Å². The number of rotatable bonds is 3. The van der Waals surface area contributed by atoms with Gasteiger partial charge in [0.25, 0.3) is 0 Å². The van der Waals surface area contributed by atoms with Crippen LogP contribution in [0.25, 0.3) is 258 Å². The SMILES string of the molecule is c1ccc(-n2c3ccccc3c3cc4c5cc6c(cc5n5c7ccccc7nc5c4cc32)sc2ccccc26)cc1.c1ccc(-n2c3ccccc3c3ccc4c5cc6c(cc5n5c7ccccc7nc5c4c32)sc2ccccc26)cc1.c1ccc(-n2c3ccccc3c3ccc4c5cc6sc7ccccc7c6cc5n5c6ccccc6nc5c4c32)cc1. The number of benzene rings is 18. The highest BCUT2D eigenvalue weighted by atomic mass is 32.1. The molecule has 0 radical (unpaired) electrons. The molecule has 0 saturated heterocycles. The van der Waals surface area contributed by atoms with Crippen molar-refractivity contribution in [3.05, 3.63) is 382 Å². The highest BCUT2D eigenvalue weighted by molar-refractivity contribution is 7.26. The summed E-state index contributed by atoms with van der Waals surface area (Å²) in [5.41, 5.74) is 23.7. The van der Waals surface area contributed by atoms with E-state index < -0.39 is 0 Å². The second-order valence-electron chi connectivity index (χ2n) is 32.4. The van der Waals surface area contributed by atoms with Crippen molar-refractivity contribution in [3.63, 3.8) is 0 Å². The molecule has 0 saturated carbocycles. The van der Waals surface area contributed by atoms with Crippen molar-refractivity contribution in [1.29, 1.82) is 0 Å². The van der Waals surface area contributed by atoms with Crippen LogP contribution in [0.1, 0.15) is 0 Å². The van der Waals surface area contributed by atoms with Gasteiger partial charge in [-0.3, -0.25) is 13.2 Å². The molecule has 0 aliphatic rings. The number of thiophene rings is 3. The standard InChI is InChI=1S/3C37H21N3S/c1-2-10-22(11-3-1)39-31-15-7-4-12-23(31)26-18-25-27-19-28-24-13-5-9-17-35(24)41-36(28)21-34(27)40-32-16-8-6-14-30(32)38-37(40)29(25)20-33(26)39;1-2-10-22(11-3-1)39-30-15-7-4-12-23(30)26-19-18-25-27-21-34-28(24-13-5-9-17-33(24)41-34)20-32(27)40-31-16-8-6-14-29(31)38-37(40)35(25)36(26)39;1-2-10-22(11-3-1)39-30-15-7-4-12-23(30)26-19-18-25-27-20-28-24-13-5-9-17-33(24)41-34(28)21-32(27)40-31-16-8-6-14-29(31)38-37(40)35(25)36(26)39/h3*1-21H. The predicted octanol–water partition coefficient (Wildman–Crippen LogP) is 30.8. The lowest BCUT2D eigenvalue weighted by atomic mass is 10.0. The Morgan fingerprint density at radius 3 is 0.927 bits per heavy atom. The van der Waals surface area contributed by atoms with Gasteiger partial charge in [0.1, 0.15) is 16.9 Å². The predicted molar refractivity (Wildman–Crippen MR) is 525 cm³/mol. The zero-order chi connectivity index (χ0) is 80.0. The maximum absolute atomic E-state index is 5.33. The third-order valence-corrected chi connectivity index (χ3v) is 29.4. The van der Waals surface area contributed by atoms with E-state index in [4.69, 9.17) is 15.0 Å². The Bertz CT molecular complexity index is 9860. The number of aromatic nitrogens is 9. The van der Waals surface area contributed by atoms with Crippen molar-refractivity contribution < 1.29 is 0 Å². The number of para-hydroxylation sites is 12. The summed E-state index contributed by atoms with van der Waals surface area (Å²) in [5.74, 6) is 0. The van der Waals surface area contributed by atoms with Crippen molar-refractivity contribution in [2.45, 2.75) is 0 Å². The molecule has 9 nitrogen and oxygen atoms in total. The molecule has 0 amide bonds. The molecule has 0 aliphatic heterocycles. The van der Waals surface area contributed by atoms with Gasteiger partial charge in [-0.05, 0) is 174 Å². The van der Waals surface area contributed by atoms with Gasteiger partial charge in [0.05, 0.1) is 93.5 Å². The lowest BCUT2D eigenvalue weighted by Gasteiger charge is -2.13. The minimum atomic E-state index is 0.998. The molecule has 0 unspecified atom stereocenters. The number of hydrogen-bond donors (Lipinski definition) is 0. The van der Waals surface area contributed by atoms with Gasteiger partial charge in [-0.25, -0.2) is 15.0 Å². The maximum Gasteiger partial charge on any atom is 0.148 e. The highest BCUT2D eigenvalue weighted by Gasteiger charge is 2.27. The Balaban J connectivity index is 0.0000000946. The summed E-state index contributed by atoms with van der Waals surface area (Å²) < 4.78 is 22.3. The molecule has 123 heavy (non-hydrogen) atoms.